The van der Waals surface area contributed by atoms with Gasteiger partial charge in [-0.3, -0.25) is 4.79 Å². The van der Waals surface area contributed by atoms with Crippen LogP contribution < -0.4 is 0 Å². The average molecular weight is 218 g/mol. The molecular formula is C14H18O2. The van der Waals surface area contributed by atoms with Gasteiger partial charge in [0.2, 0.25) is 0 Å². The minimum absolute atomic E-state index is 0.0171. The molecule has 0 radical (unpaired) electrons. The molecule has 2 nitrogen and oxygen atoms in total. The molecule has 16 heavy (non-hydrogen) atoms. The Hall–Kier alpha value is -1.31. The summed E-state index contributed by atoms with van der Waals surface area (Å²) < 4.78 is 5.13. The summed E-state index contributed by atoms with van der Waals surface area (Å²) in [6.07, 6.45) is 2.77. The first-order chi connectivity index (χ1) is 7.66. The standard InChI is InChI=1S/C14H18O2/c1-3-16-13(15)14(7-8-14)10-12-6-4-5-11(2)9-12/h4-6,9H,3,7-8,10H2,1-2H3. The molecule has 1 aliphatic carbocycles. The molecule has 0 saturated heterocycles. The van der Waals surface area contributed by atoms with Crippen molar-refractivity contribution in [2.45, 2.75) is 33.1 Å². The van der Waals surface area contributed by atoms with Crippen molar-refractivity contribution in [3.8, 4) is 0 Å². The molecule has 1 aliphatic rings. The lowest BCUT2D eigenvalue weighted by Gasteiger charge is -2.13. The van der Waals surface area contributed by atoms with E-state index in [-0.39, 0.29) is 11.4 Å². The number of aryl methyl sites for hydroxylation is 1. The van der Waals surface area contributed by atoms with Crippen LogP contribution in [0.15, 0.2) is 24.3 Å². The third-order valence-electron chi connectivity index (χ3n) is 3.19. The quantitative estimate of drug-likeness (QED) is 0.726. The van der Waals surface area contributed by atoms with Crippen LogP contribution >= 0.6 is 0 Å². The lowest BCUT2D eigenvalue weighted by Crippen LogP contribution is -2.21. The highest BCUT2D eigenvalue weighted by Gasteiger charge is 2.50. The third kappa shape index (κ3) is 2.26. The van der Waals surface area contributed by atoms with E-state index < -0.39 is 0 Å². The van der Waals surface area contributed by atoms with Crippen molar-refractivity contribution in [1.29, 1.82) is 0 Å². The predicted octanol–water partition coefficient (Wildman–Crippen LogP) is 2.88. The second-order valence-electron chi connectivity index (χ2n) is 4.67. The van der Waals surface area contributed by atoms with Crippen LogP contribution in [0.5, 0.6) is 0 Å². The maximum Gasteiger partial charge on any atom is 0.312 e. The Kier molecular flexibility index (Phi) is 2.99. The summed E-state index contributed by atoms with van der Waals surface area (Å²) in [6.45, 7) is 4.42. The molecule has 0 aromatic heterocycles. The fourth-order valence-electron chi connectivity index (χ4n) is 2.10. The van der Waals surface area contributed by atoms with Gasteiger partial charge in [0.15, 0.2) is 0 Å². The van der Waals surface area contributed by atoms with E-state index in [1.807, 2.05) is 13.0 Å². The fraction of sp³-hybridized carbons (Fsp3) is 0.500. The summed E-state index contributed by atoms with van der Waals surface area (Å²) in [6, 6.07) is 8.37. The van der Waals surface area contributed by atoms with Crippen LogP contribution in [0.4, 0.5) is 0 Å². The van der Waals surface area contributed by atoms with Crippen LogP contribution in [0.25, 0.3) is 0 Å². The monoisotopic (exact) mass is 218 g/mol. The fourth-order valence-corrected chi connectivity index (χ4v) is 2.10. The van der Waals surface area contributed by atoms with Gasteiger partial charge in [0.25, 0.3) is 0 Å². The number of rotatable bonds is 4. The summed E-state index contributed by atoms with van der Waals surface area (Å²) in [5.74, 6) is -0.0171. The zero-order valence-corrected chi connectivity index (χ0v) is 9.95. The van der Waals surface area contributed by atoms with Crippen molar-refractivity contribution < 1.29 is 9.53 Å². The maximum atomic E-state index is 11.8. The minimum atomic E-state index is -0.205. The smallest absolute Gasteiger partial charge is 0.312 e. The highest BCUT2D eigenvalue weighted by atomic mass is 16.5. The molecular weight excluding hydrogens is 200 g/mol. The van der Waals surface area contributed by atoms with Gasteiger partial charge in [-0.05, 0) is 38.7 Å². The van der Waals surface area contributed by atoms with Crippen LogP contribution in [0, 0.1) is 12.3 Å². The summed E-state index contributed by atoms with van der Waals surface area (Å²) in [7, 11) is 0. The van der Waals surface area contributed by atoms with Crippen LogP contribution in [0.3, 0.4) is 0 Å². The van der Waals surface area contributed by atoms with Gasteiger partial charge in [-0.15, -0.1) is 0 Å². The highest BCUT2D eigenvalue weighted by Crippen LogP contribution is 2.49. The van der Waals surface area contributed by atoms with Crippen molar-refractivity contribution in [2.24, 2.45) is 5.41 Å². The Morgan fingerprint density at radius 3 is 2.75 bits per heavy atom. The van der Waals surface area contributed by atoms with Crippen molar-refractivity contribution in [2.75, 3.05) is 6.61 Å². The number of carbonyl (C=O) groups excluding carboxylic acids is 1. The van der Waals surface area contributed by atoms with E-state index in [1.165, 1.54) is 11.1 Å². The number of carbonyl (C=O) groups is 1. The van der Waals surface area contributed by atoms with Crippen molar-refractivity contribution in [3.63, 3.8) is 0 Å². The maximum absolute atomic E-state index is 11.8. The van der Waals surface area contributed by atoms with Gasteiger partial charge in [0, 0.05) is 0 Å². The summed E-state index contributed by atoms with van der Waals surface area (Å²) >= 11 is 0. The largest absolute Gasteiger partial charge is 0.466 e. The normalized spacial score (nSPS) is 16.9. The molecule has 0 amide bonds. The Bertz CT molecular complexity index is 391. The summed E-state index contributed by atoms with van der Waals surface area (Å²) in [5, 5.41) is 0. The van der Waals surface area contributed by atoms with E-state index >= 15 is 0 Å². The SMILES string of the molecule is CCOC(=O)C1(Cc2cccc(C)c2)CC1. The first kappa shape index (κ1) is 11.2. The molecule has 2 rings (SSSR count). The molecule has 0 spiro atoms. The van der Waals surface area contributed by atoms with Crippen LogP contribution in [0.1, 0.15) is 30.9 Å². The molecule has 1 aromatic carbocycles. The second-order valence-corrected chi connectivity index (χ2v) is 4.67. The number of hydrogen-bond donors (Lipinski definition) is 0. The van der Waals surface area contributed by atoms with E-state index in [2.05, 4.69) is 25.1 Å². The number of esters is 1. The van der Waals surface area contributed by atoms with E-state index in [0.29, 0.717) is 6.61 Å². The van der Waals surface area contributed by atoms with Gasteiger partial charge < -0.3 is 4.74 Å². The highest BCUT2D eigenvalue weighted by molar-refractivity contribution is 5.80. The molecule has 0 bridgehead atoms. The van der Waals surface area contributed by atoms with Crippen molar-refractivity contribution in [3.05, 3.63) is 35.4 Å². The molecule has 0 atom stereocenters. The lowest BCUT2D eigenvalue weighted by molar-refractivity contribution is -0.149. The molecule has 0 heterocycles. The lowest BCUT2D eigenvalue weighted by atomic mass is 9.96. The van der Waals surface area contributed by atoms with Crippen molar-refractivity contribution >= 4 is 5.97 Å². The van der Waals surface area contributed by atoms with Gasteiger partial charge in [0.1, 0.15) is 0 Å². The molecule has 2 heteroatoms. The molecule has 0 aliphatic heterocycles. The van der Waals surface area contributed by atoms with E-state index in [0.717, 1.165) is 19.3 Å². The van der Waals surface area contributed by atoms with E-state index in [1.54, 1.807) is 0 Å². The van der Waals surface area contributed by atoms with Gasteiger partial charge in [0.05, 0.1) is 12.0 Å². The topological polar surface area (TPSA) is 26.3 Å². The molecule has 0 N–H and O–H groups in total. The van der Waals surface area contributed by atoms with Crippen molar-refractivity contribution in [1.82, 2.24) is 0 Å². The molecule has 1 saturated carbocycles. The van der Waals surface area contributed by atoms with E-state index in [4.69, 9.17) is 4.74 Å². The third-order valence-corrected chi connectivity index (χ3v) is 3.19. The number of hydrogen-bond acceptors (Lipinski definition) is 2. The van der Waals surface area contributed by atoms with Crippen LogP contribution in [0.2, 0.25) is 0 Å². The predicted molar refractivity (Wildman–Crippen MR) is 63.2 cm³/mol. The molecule has 86 valence electrons. The van der Waals surface area contributed by atoms with Gasteiger partial charge >= 0.3 is 5.97 Å². The first-order valence-corrected chi connectivity index (χ1v) is 5.89. The van der Waals surface area contributed by atoms with Gasteiger partial charge in [-0.1, -0.05) is 29.8 Å². The van der Waals surface area contributed by atoms with Crippen LogP contribution in [-0.2, 0) is 16.0 Å². The Labute approximate surface area is 96.6 Å². The Morgan fingerprint density at radius 1 is 1.44 bits per heavy atom. The van der Waals surface area contributed by atoms with E-state index in [9.17, 15) is 4.79 Å². The molecule has 1 fully saturated rings. The number of benzene rings is 1. The minimum Gasteiger partial charge on any atom is -0.466 e. The van der Waals surface area contributed by atoms with Gasteiger partial charge in [-0.2, -0.15) is 0 Å². The Morgan fingerprint density at radius 2 is 2.19 bits per heavy atom. The molecule has 1 aromatic rings. The Balaban J connectivity index is 2.07. The number of ether oxygens (including phenoxy) is 1. The zero-order chi connectivity index (χ0) is 11.6. The second kappa shape index (κ2) is 4.28. The van der Waals surface area contributed by atoms with Gasteiger partial charge in [-0.25, -0.2) is 0 Å². The first-order valence-electron chi connectivity index (χ1n) is 5.89. The molecule has 0 unspecified atom stereocenters. The summed E-state index contributed by atoms with van der Waals surface area (Å²) in [5.41, 5.74) is 2.28. The average Bonchev–Trinajstić information content (AvgIpc) is 2.99. The van der Waals surface area contributed by atoms with Crippen LogP contribution in [-0.4, -0.2) is 12.6 Å². The zero-order valence-electron chi connectivity index (χ0n) is 9.95. The summed E-state index contributed by atoms with van der Waals surface area (Å²) in [4.78, 5) is 11.8.